The zero-order chi connectivity index (χ0) is 12.3. The van der Waals surface area contributed by atoms with Crippen molar-refractivity contribution in [1.82, 2.24) is 15.3 Å². The number of pyridine rings is 1. The summed E-state index contributed by atoms with van der Waals surface area (Å²) in [5.41, 5.74) is 1.79. The Kier molecular flexibility index (Phi) is 3.27. The van der Waals surface area contributed by atoms with Crippen molar-refractivity contribution in [2.75, 3.05) is 0 Å². The number of hydrogen-bond donors (Lipinski definition) is 2. The van der Waals surface area contributed by atoms with Gasteiger partial charge >= 0.3 is 6.09 Å². The SMILES string of the molecule is CC(C)OC(=O)NCc1cnc2[nH]ccc2c1. The molecule has 2 heterocycles. The molecule has 17 heavy (non-hydrogen) atoms. The lowest BCUT2D eigenvalue weighted by Crippen LogP contribution is -2.26. The van der Waals surface area contributed by atoms with Gasteiger partial charge in [-0.2, -0.15) is 0 Å². The van der Waals surface area contributed by atoms with Crippen molar-refractivity contribution >= 4 is 17.1 Å². The maximum Gasteiger partial charge on any atom is 0.407 e. The highest BCUT2D eigenvalue weighted by atomic mass is 16.6. The van der Waals surface area contributed by atoms with Crippen LogP contribution in [0, 0.1) is 0 Å². The van der Waals surface area contributed by atoms with E-state index >= 15 is 0 Å². The zero-order valence-electron chi connectivity index (χ0n) is 9.86. The predicted molar refractivity (Wildman–Crippen MR) is 64.6 cm³/mol. The lowest BCUT2D eigenvalue weighted by atomic mass is 10.2. The Balaban J connectivity index is 1.96. The van der Waals surface area contributed by atoms with Crippen molar-refractivity contribution in [2.45, 2.75) is 26.5 Å². The lowest BCUT2D eigenvalue weighted by Gasteiger charge is -2.09. The zero-order valence-corrected chi connectivity index (χ0v) is 9.86. The third-order valence-corrected chi connectivity index (χ3v) is 2.24. The van der Waals surface area contributed by atoms with Crippen molar-refractivity contribution in [3.05, 3.63) is 30.1 Å². The summed E-state index contributed by atoms with van der Waals surface area (Å²) >= 11 is 0. The molecule has 0 radical (unpaired) electrons. The number of amides is 1. The van der Waals surface area contributed by atoms with Gasteiger partial charge in [0, 0.05) is 24.3 Å². The maximum atomic E-state index is 11.3. The number of nitrogens with zero attached hydrogens (tertiary/aromatic N) is 1. The highest BCUT2D eigenvalue weighted by molar-refractivity contribution is 5.75. The molecule has 0 aliphatic rings. The predicted octanol–water partition coefficient (Wildman–Crippen LogP) is 2.20. The van der Waals surface area contributed by atoms with Gasteiger partial charge in [0.05, 0.1) is 6.10 Å². The third kappa shape index (κ3) is 2.96. The van der Waals surface area contributed by atoms with Crippen molar-refractivity contribution in [3.63, 3.8) is 0 Å². The number of carbonyl (C=O) groups is 1. The van der Waals surface area contributed by atoms with Crippen LogP contribution in [0.15, 0.2) is 24.5 Å². The second-order valence-electron chi connectivity index (χ2n) is 4.07. The van der Waals surface area contributed by atoms with Gasteiger partial charge in [-0.15, -0.1) is 0 Å². The van der Waals surface area contributed by atoms with E-state index < -0.39 is 6.09 Å². The highest BCUT2D eigenvalue weighted by Gasteiger charge is 2.05. The van der Waals surface area contributed by atoms with Gasteiger partial charge in [-0.25, -0.2) is 9.78 Å². The fourth-order valence-corrected chi connectivity index (χ4v) is 1.51. The van der Waals surface area contributed by atoms with E-state index in [1.165, 1.54) is 0 Å². The molecule has 5 heteroatoms. The minimum atomic E-state index is -0.408. The summed E-state index contributed by atoms with van der Waals surface area (Å²) in [5, 5.41) is 3.70. The maximum absolute atomic E-state index is 11.3. The van der Waals surface area contributed by atoms with Crippen LogP contribution in [0.2, 0.25) is 0 Å². The first kappa shape index (κ1) is 11.4. The van der Waals surface area contributed by atoms with Crippen LogP contribution >= 0.6 is 0 Å². The summed E-state index contributed by atoms with van der Waals surface area (Å²) < 4.78 is 4.97. The molecule has 0 fully saturated rings. The van der Waals surface area contributed by atoms with Gasteiger partial charge in [-0.3, -0.25) is 0 Å². The molecule has 2 aromatic rings. The van der Waals surface area contributed by atoms with Crippen LogP contribution in [0.1, 0.15) is 19.4 Å². The summed E-state index contributed by atoms with van der Waals surface area (Å²) in [6, 6.07) is 3.92. The van der Waals surface area contributed by atoms with E-state index in [9.17, 15) is 4.79 Å². The summed E-state index contributed by atoms with van der Waals surface area (Å²) in [4.78, 5) is 18.5. The summed E-state index contributed by atoms with van der Waals surface area (Å²) in [7, 11) is 0. The third-order valence-electron chi connectivity index (χ3n) is 2.24. The molecule has 5 nitrogen and oxygen atoms in total. The largest absolute Gasteiger partial charge is 0.447 e. The van der Waals surface area contributed by atoms with E-state index in [4.69, 9.17) is 4.74 Å². The Bertz CT molecular complexity index is 519. The first-order valence-corrected chi connectivity index (χ1v) is 5.51. The van der Waals surface area contributed by atoms with Gasteiger partial charge in [0.1, 0.15) is 5.65 Å². The fourth-order valence-electron chi connectivity index (χ4n) is 1.51. The average Bonchev–Trinajstić information content (AvgIpc) is 2.72. The normalized spacial score (nSPS) is 10.8. The Morgan fingerprint density at radius 2 is 2.41 bits per heavy atom. The van der Waals surface area contributed by atoms with Crippen LogP contribution in [-0.2, 0) is 11.3 Å². The molecule has 0 saturated heterocycles. The molecule has 2 N–H and O–H groups in total. The van der Waals surface area contributed by atoms with Gasteiger partial charge in [0.2, 0.25) is 0 Å². The van der Waals surface area contributed by atoms with Crippen LogP contribution in [0.4, 0.5) is 4.79 Å². The Morgan fingerprint density at radius 3 is 3.18 bits per heavy atom. The summed E-state index contributed by atoms with van der Waals surface area (Å²) in [6.45, 7) is 4.04. The smallest absolute Gasteiger partial charge is 0.407 e. The van der Waals surface area contributed by atoms with Crippen molar-refractivity contribution in [1.29, 1.82) is 0 Å². The Labute approximate surface area is 99.2 Å². The monoisotopic (exact) mass is 233 g/mol. The van der Waals surface area contributed by atoms with Crippen molar-refractivity contribution < 1.29 is 9.53 Å². The van der Waals surface area contributed by atoms with E-state index in [0.29, 0.717) is 6.54 Å². The first-order chi connectivity index (χ1) is 8.15. The minimum absolute atomic E-state index is 0.111. The number of rotatable bonds is 3. The number of hydrogen-bond acceptors (Lipinski definition) is 3. The number of H-pyrrole nitrogens is 1. The minimum Gasteiger partial charge on any atom is -0.447 e. The summed E-state index contributed by atoms with van der Waals surface area (Å²) in [5.74, 6) is 0. The topological polar surface area (TPSA) is 67.0 Å². The molecule has 0 bridgehead atoms. The number of nitrogens with one attached hydrogen (secondary N) is 2. The van der Waals surface area contributed by atoms with Gasteiger partial charge in [-0.1, -0.05) is 0 Å². The van der Waals surface area contributed by atoms with Gasteiger partial charge in [-0.05, 0) is 31.5 Å². The van der Waals surface area contributed by atoms with Crippen LogP contribution in [0.25, 0.3) is 11.0 Å². The molecule has 0 atom stereocenters. The average molecular weight is 233 g/mol. The van der Waals surface area contributed by atoms with Crippen molar-refractivity contribution in [2.24, 2.45) is 0 Å². The van der Waals surface area contributed by atoms with Gasteiger partial charge < -0.3 is 15.0 Å². The standard InChI is InChI=1S/C12H15N3O2/c1-8(2)17-12(16)15-7-9-5-10-3-4-13-11(10)14-6-9/h3-6,8H,7H2,1-2H3,(H,13,14)(H,15,16). The van der Waals surface area contributed by atoms with E-state index in [0.717, 1.165) is 16.6 Å². The van der Waals surface area contributed by atoms with E-state index in [2.05, 4.69) is 15.3 Å². The van der Waals surface area contributed by atoms with Crippen LogP contribution in [0.3, 0.4) is 0 Å². The molecule has 2 aromatic heterocycles. The molecular weight excluding hydrogens is 218 g/mol. The molecule has 0 aromatic carbocycles. The molecule has 0 unspecified atom stereocenters. The Hall–Kier alpha value is -2.04. The Morgan fingerprint density at radius 1 is 1.59 bits per heavy atom. The number of alkyl carbamates (subject to hydrolysis) is 1. The van der Waals surface area contributed by atoms with Crippen LogP contribution in [0.5, 0.6) is 0 Å². The van der Waals surface area contributed by atoms with E-state index in [1.807, 2.05) is 32.2 Å². The van der Waals surface area contributed by atoms with Crippen LogP contribution < -0.4 is 5.32 Å². The number of carbonyl (C=O) groups excluding carboxylic acids is 1. The quantitative estimate of drug-likeness (QED) is 0.854. The number of aromatic nitrogens is 2. The molecule has 90 valence electrons. The molecule has 0 aliphatic carbocycles. The number of fused-ring (bicyclic) bond motifs is 1. The fraction of sp³-hybridized carbons (Fsp3) is 0.333. The van der Waals surface area contributed by atoms with Gasteiger partial charge in [0.15, 0.2) is 0 Å². The second-order valence-corrected chi connectivity index (χ2v) is 4.07. The molecule has 0 saturated carbocycles. The second kappa shape index (κ2) is 4.86. The molecule has 0 aliphatic heterocycles. The van der Waals surface area contributed by atoms with Crippen molar-refractivity contribution in [3.8, 4) is 0 Å². The number of ether oxygens (including phenoxy) is 1. The molecule has 2 rings (SSSR count). The molecule has 0 spiro atoms. The van der Waals surface area contributed by atoms with Gasteiger partial charge in [0.25, 0.3) is 0 Å². The molecule has 1 amide bonds. The highest BCUT2D eigenvalue weighted by Crippen LogP contribution is 2.10. The van der Waals surface area contributed by atoms with E-state index in [-0.39, 0.29) is 6.10 Å². The first-order valence-electron chi connectivity index (χ1n) is 5.51. The lowest BCUT2D eigenvalue weighted by molar-refractivity contribution is 0.115. The van der Waals surface area contributed by atoms with Crippen LogP contribution in [-0.4, -0.2) is 22.2 Å². The summed E-state index contributed by atoms with van der Waals surface area (Å²) in [6.07, 6.45) is 3.05. The molecular formula is C12H15N3O2. The number of aromatic amines is 1. The van der Waals surface area contributed by atoms with E-state index in [1.54, 1.807) is 6.20 Å².